The van der Waals surface area contributed by atoms with Gasteiger partial charge in [-0.05, 0) is 48.4 Å². The van der Waals surface area contributed by atoms with Crippen molar-refractivity contribution in [3.63, 3.8) is 0 Å². The predicted molar refractivity (Wildman–Crippen MR) is 131 cm³/mol. The van der Waals surface area contributed by atoms with Gasteiger partial charge in [0.25, 0.3) is 15.9 Å². The minimum Gasteiger partial charge on any atom is -0.319 e. The van der Waals surface area contributed by atoms with Crippen molar-refractivity contribution in [1.82, 2.24) is 20.1 Å². The van der Waals surface area contributed by atoms with Gasteiger partial charge in [0.2, 0.25) is 0 Å². The van der Waals surface area contributed by atoms with Crippen LogP contribution in [-0.4, -0.2) is 42.0 Å². The van der Waals surface area contributed by atoms with Crippen LogP contribution in [0.4, 0.5) is 4.79 Å². The van der Waals surface area contributed by atoms with Gasteiger partial charge in [0.1, 0.15) is 0 Å². The Kier molecular flexibility index (Phi) is 8.71. The van der Waals surface area contributed by atoms with Gasteiger partial charge in [0, 0.05) is 37.5 Å². The highest BCUT2D eigenvalue weighted by Crippen LogP contribution is 2.13. The van der Waals surface area contributed by atoms with Crippen LogP contribution >= 0.6 is 0 Å². The Hall–Kier alpha value is -4.02. The molecule has 2 aromatic carbocycles. The molecule has 3 rings (SSSR count). The van der Waals surface area contributed by atoms with Gasteiger partial charge in [0.05, 0.1) is 4.90 Å². The molecule has 0 atom stereocenters. The van der Waals surface area contributed by atoms with Crippen LogP contribution in [-0.2, 0) is 27.8 Å². The molecule has 1 heterocycles. The molecule has 0 fully saturated rings. The van der Waals surface area contributed by atoms with Crippen LogP contribution in [0.1, 0.15) is 22.4 Å². The molecular formula is C25H26N4O5S. The maximum atomic E-state index is 13.0. The summed E-state index contributed by atoms with van der Waals surface area (Å²) in [4.78, 5) is 29.9. The van der Waals surface area contributed by atoms with E-state index in [-0.39, 0.29) is 18.0 Å². The lowest BCUT2D eigenvalue weighted by atomic mass is 10.1. The molecule has 3 amide bonds. The molecule has 182 valence electrons. The number of pyridine rings is 1. The first-order valence-electron chi connectivity index (χ1n) is 10.8. The van der Waals surface area contributed by atoms with Crippen molar-refractivity contribution in [3.05, 3.63) is 101 Å². The fourth-order valence-corrected chi connectivity index (χ4v) is 4.14. The highest BCUT2D eigenvalue weighted by molar-refractivity contribution is 7.90. The Labute approximate surface area is 204 Å². The van der Waals surface area contributed by atoms with E-state index in [1.54, 1.807) is 48.7 Å². The second-order valence-electron chi connectivity index (χ2n) is 7.77. The van der Waals surface area contributed by atoms with Gasteiger partial charge >= 0.3 is 6.03 Å². The minimum absolute atomic E-state index is 0.00387. The number of nitrogens with one attached hydrogen (secondary N) is 2. The Bertz CT molecular complexity index is 1280. The topological polar surface area (TPSA) is 129 Å². The van der Waals surface area contributed by atoms with E-state index in [0.717, 1.165) is 16.8 Å². The number of amides is 3. The Morgan fingerprint density at radius 3 is 2.37 bits per heavy atom. The maximum absolute atomic E-state index is 13.0. The number of sulfonamides is 1. The fraction of sp³-hybridized carbons (Fsp3) is 0.160. The quantitative estimate of drug-likeness (QED) is 0.238. The zero-order valence-electron chi connectivity index (χ0n) is 19.1. The number of hydrogen-bond donors (Lipinski definition) is 3. The summed E-state index contributed by atoms with van der Waals surface area (Å²) in [6.07, 6.45) is 4.80. The third kappa shape index (κ3) is 7.76. The van der Waals surface area contributed by atoms with Crippen molar-refractivity contribution in [1.29, 1.82) is 0 Å². The summed E-state index contributed by atoms with van der Waals surface area (Å²) in [5.74, 6) is -0.652. The second kappa shape index (κ2) is 11.9. The van der Waals surface area contributed by atoms with Crippen LogP contribution in [0.2, 0.25) is 0 Å². The van der Waals surface area contributed by atoms with Crippen LogP contribution in [0, 0.1) is 6.92 Å². The van der Waals surface area contributed by atoms with E-state index in [0.29, 0.717) is 12.0 Å². The average Bonchev–Trinajstić information content (AvgIpc) is 2.86. The third-order valence-electron chi connectivity index (χ3n) is 5.09. The average molecular weight is 495 g/mol. The maximum Gasteiger partial charge on any atom is 0.331 e. The largest absolute Gasteiger partial charge is 0.331 e. The number of hydrogen-bond acceptors (Lipinski definition) is 6. The summed E-state index contributed by atoms with van der Waals surface area (Å²) < 4.78 is 27.7. The first kappa shape index (κ1) is 25.6. The number of carbonyl (C=O) groups excluding carboxylic acids is 2. The monoisotopic (exact) mass is 494 g/mol. The molecule has 10 heteroatoms. The molecule has 0 spiro atoms. The standard InChI is InChI=1S/C25H26N4O5S/c1-19-5-12-23(13-6-19)35(33,34)28-25(31)29(17-15-22-4-2-3-16-26-22)18-21-9-7-20(8-10-21)11-14-24(30)27-32/h2-14,16,32H,15,17-18H2,1H3,(H,27,30)(H,28,31). The molecule has 3 aromatic rings. The van der Waals surface area contributed by atoms with Gasteiger partial charge in [-0.2, -0.15) is 0 Å². The van der Waals surface area contributed by atoms with Crippen molar-refractivity contribution in [2.24, 2.45) is 0 Å². The van der Waals surface area contributed by atoms with Crippen molar-refractivity contribution >= 4 is 28.0 Å². The van der Waals surface area contributed by atoms with Crippen molar-refractivity contribution < 1.29 is 23.2 Å². The van der Waals surface area contributed by atoms with Crippen molar-refractivity contribution in [2.45, 2.75) is 24.8 Å². The molecule has 1 aromatic heterocycles. The number of benzene rings is 2. The first-order chi connectivity index (χ1) is 16.8. The molecule has 0 aliphatic heterocycles. The van der Waals surface area contributed by atoms with E-state index < -0.39 is 22.0 Å². The van der Waals surface area contributed by atoms with E-state index in [1.165, 1.54) is 34.7 Å². The van der Waals surface area contributed by atoms with Gasteiger partial charge in [-0.1, -0.05) is 48.0 Å². The van der Waals surface area contributed by atoms with Gasteiger partial charge in [-0.15, -0.1) is 0 Å². The molecule has 3 N–H and O–H groups in total. The number of carbonyl (C=O) groups is 2. The summed E-state index contributed by atoms with van der Waals surface area (Å²) in [7, 11) is -4.05. The molecule has 0 aliphatic rings. The Morgan fingerprint density at radius 1 is 1.03 bits per heavy atom. The highest BCUT2D eigenvalue weighted by atomic mass is 32.2. The summed E-state index contributed by atoms with van der Waals surface area (Å²) >= 11 is 0. The van der Waals surface area contributed by atoms with Crippen LogP contribution in [0.15, 0.2) is 83.9 Å². The second-order valence-corrected chi connectivity index (χ2v) is 9.45. The lowest BCUT2D eigenvalue weighted by Gasteiger charge is -2.23. The molecule has 35 heavy (non-hydrogen) atoms. The van der Waals surface area contributed by atoms with Gasteiger partial charge in [0.15, 0.2) is 0 Å². The van der Waals surface area contributed by atoms with Gasteiger partial charge in [-0.25, -0.2) is 23.4 Å². The van der Waals surface area contributed by atoms with Crippen LogP contribution < -0.4 is 10.2 Å². The van der Waals surface area contributed by atoms with E-state index in [4.69, 9.17) is 5.21 Å². The summed E-state index contributed by atoms with van der Waals surface area (Å²) in [6, 6.07) is 18.0. The lowest BCUT2D eigenvalue weighted by Crippen LogP contribution is -2.43. The van der Waals surface area contributed by atoms with Crippen LogP contribution in [0.25, 0.3) is 6.08 Å². The van der Waals surface area contributed by atoms with E-state index in [9.17, 15) is 18.0 Å². The van der Waals surface area contributed by atoms with Crippen molar-refractivity contribution in [3.8, 4) is 0 Å². The zero-order chi connectivity index (χ0) is 25.3. The van der Waals surface area contributed by atoms with Gasteiger partial charge in [-0.3, -0.25) is 15.0 Å². The van der Waals surface area contributed by atoms with E-state index in [1.807, 2.05) is 19.1 Å². The molecular weight excluding hydrogens is 468 g/mol. The first-order valence-corrected chi connectivity index (χ1v) is 12.2. The number of aryl methyl sites for hydroxylation is 1. The third-order valence-corrected chi connectivity index (χ3v) is 6.43. The molecule has 0 aliphatic carbocycles. The number of urea groups is 1. The number of nitrogens with zero attached hydrogens (tertiary/aromatic N) is 2. The minimum atomic E-state index is -4.05. The van der Waals surface area contributed by atoms with Crippen molar-refractivity contribution in [2.75, 3.05) is 6.54 Å². The highest BCUT2D eigenvalue weighted by Gasteiger charge is 2.22. The Morgan fingerprint density at radius 2 is 1.74 bits per heavy atom. The number of aromatic nitrogens is 1. The molecule has 0 unspecified atom stereocenters. The van der Waals surface area contributed by atoms with Crippen LogP contribution in [0.3, 0.4) is 0 Å². The zero-order valence-corrected chi connectivity index (χ0v) is 19.9. The predicted octanol–water partition coefficient (Wildman–Crippen LogP) is 3.05. The molecule has 0 bridgehead atoms. The normalized spacial score (nSPS) is 11.3. The fourth-order valence-electron chi connectivity index (χ4n) is 3.17. The Balaban J connectivity index is 1.76. The molecule has 0 saturated heterocycles. The SMILES string of the molecule is Cc1ccc(S(=O)(=O)NC(=O)N(CCc2ccccn2)Cc2ccc(C=CC(=O)NO)cc2)cc1. The summed E-state index contributed by atoms with van der Waals surface area (Å²) in [6.45, 7) is 2.24. The van der Waals surface area contributed by atoms with Crippen LogP contribution in [0.5, 0.6) is 0 Å². The number of hydroxylamine groups is 1. The summed E-state index contributed by atoms with van der Waals surface area (Å²) in [5, 5.41) is 8.56. The molecule has 0 saturated carbocycles. The molecule has 0 radical (unpaired) electrons. The van der Waals surface area contributed by atoms with Gasteiger partial charge < -0.3 is 4.90 Å². The number of rotatable bonds is 9. The summed E-state index contributed by atoms with van der Waals surface area (Å²) in [5.41, 5.74) is 4.67. The lowest BCUT2D eigenvalue weighted by molar-refractivity contribution is -0.124. The smallest absolute Gasteiger partial charge is 0.319 e. The van der Waals surface area contributed by atoms with E-state index in [2.05, 4.69) is 9.71 Å². The molecule has 9 nitrogen and oxygen atoms in total. The van der Waals surface area contributed by atoms with E-state index >= 15 is 0 Å².